The molecule has 2 rings (SSSR count). The van der Waals surface area contributed by atoms with Crippen LogP contribution in [-0.4, -0.2) is 78.1 Å². The summed E-state index contributed by atoms with van der Waals surface area (Å²) in [6, 6.07) is 0.590. The third-order valence-corrected chi connectivity index (χ3v) is 4.72. The Morgan fingerprint density at radius 1 is 1.14 bits per heavy atom. The second kappa shape index (κ2) is 7.11. The molecule has 2 heterocycles. The van der Waals surface area contributed by atoms with E-state index in [1.807, 2.05) is 9.80 Å². The Bertz CT molecular complexity index is 386. The maximum atomic E-state index is 12.6. The van der Waals surface area contributed by atoms with Crippen molar-refractivity contribution in [2.75, 3.05) is 40.3 Å². The molecule has 2 aliphatic rings. The second-order valence-electron chi connectivity index (χ2n) is 6.52. The van der Waals surface area contributed by atoms with Crippen LogP contribution in [0, 0.1) is 5.92 Å². The van der Waals surface area contributed by atoms with E-state index < -0.39 is 5.97 Å². The molecule has 2 fully saturated rings. The van der Waals surface area contributed by atoms with E-state index in [2.05, 4.69) is 19.0 Å². The third kappa shape index (κ3) is 4.33. The SMILES string of the molecule is CN(C)C1CCCN(C(=O)N2CCC(CCC(=O)O)C2)C1. The predicted molar refractivity (Wildman–Crippen MR) is 80.2 cm³/mol. The molecule has 2 atom stereocenters. The van der Waals surface area contributed by atoms with Gasteiger partial charge in [-0.15, -0.1) is 0 Å². The van der Waals surface area contributed by atoms with Gasteiger partial charge in [-0.2, -0.15) is 0 Å². The molecule has 2 aliphatic heterocycles. The molecule has 21 heavy (non-hydrogen) atoms. The average molecular weight is 297 g/mol. The van der Waals surface area contributed by atoms with Crippen LogP contribution in [-0.2, 0) is 4.79 Å². The summed E-state index contributed by atoms with van der Waals surface area (Å²) >= 11 is 0. The smallest absolute Gasteiger partial charge is 0.320 e. The van der Waals surface area contributed by atoms with Crippen molar-refractivity contribution in [3.05, 3.63) is 0 Å². The normalized spacial score (nSPS) is 26.4. The summed E-state index contributed by atoms with van der Waals surface area (Å²) in [6.45, 7) is 3.14. The van der Waals surface area contributed by atoms with Gasteiger partial charge in [-0.1, -0.05) is 0 Å². The minimum Gasteiger partial charge on any atom is -0.481 e. The quantitative estimate of drug-likeness (QED) is 0.850. The van der Waals surface area contributed by atoms with E-state index in [0.717, 1.165) is 45.4 Å². The maximum Gasteiger partial charge on any atom is 0.320 e. The summed E-state index contributed by atoms with van der Waals surface area (Å²) in [5, 5.41) is 8.74. The van der Waals surface area contributed by atoms with E-state index in [-0.39, 0.29) is 12.5 Å². The van der Waals surface area contributed by atoms with Gasteiger partial charge in [0, 0.05) is 38.6 Å². The topological polar surface area (TPSA) is 64.1 Å². The fraction of sp³-hybridized carbons (Fsp3) is 0.867. The average Bonchev–Trinajstić information content (AvgIpc) is 2.93. The van der Waals surface area contributed by atoms with Crippen molar-refractivity contribution in [1.29, 1.82) is 0 Å². The Balaban J connectivity index is 1.82. The summed E-state index contributed by atoms with van der Waals surface area (Å²) in [5.41, 5.74) is 0. The van der Waals surface area contributed by atoms with Gasteiger partial charge in [0.05, 0.1) is 0 Å². The zero-order chi connectivity index (χ0) is 15.4. The van der Waals surface area contributed by atoms with Crippen LogP contribution >= 0.6 is 0 Å². The van der Waals surface area contributed by atoms with Crippen LogP contribution in [0.5, 0.6) is 0 Å². The van der Waals surface area contributed by atoms with Crippen molar-refractivity contribution < 1.29 is 14.7 Å². The first-order valence-electron chi connectivity index (χ1n) is 7.89. The Morgan fingerprint density at radius 3 is 2.52 bits per heavy atom. The van der Waals surface area contributed by atoms with Crippen molar-refractivity contribution in [3.8, 4) is 0 Å². The monoisotopic (exact) mass is 297 g/mol. The highest BCUT2D eigenvalue weighted by atomic mass is 16.4. The number of amides is 2. The number of nitrogens with zero attached hydrogens (tertiary/aromatic N) is 3. The van der Waals surface area contributed by atoms with Crippen molar-refractivity contribution >= 4 is 12.0 Å². The minimum absolute atomic E-state index is 0.138. The van der Waals surface area contributed by atoms with Gasteiger partial charge in [0.25, 0.3) is 0 Å². The largest absolute Gasteiger partial charge is 0.481 e. The number of likely N-dealkylation sites (N-methyl/N-ethyl adjacent to an activating group) is 1. The first-order chi connectivity index (χ1) is 9.97. The highest BCUT2D eigenvalue weighted by molar-refractivity contribution is 5.75. The van der Waals surface area contributed by atoms with Crippen LogP contribution in [0.15, 0.2) is 0 Å². The zero-order valence-corrected chi connectivity index (χ0v) is 13.1. The molecule has 0 aromatic rings. The molecule has 6 nitrogen and oxygen atoms in total. The first kappa shape index (κ1) is 16.1. The van der Waals surface area contributed by atoms with Crippen LogP contribution in [0.3, 0.4) is 0 Å². The molecule has 0 aromatic heterocycles. The molecule has 0 aliphatic carbocycles. The number of rotatable bonds is 4. The molecule has 0 spiro atoms. The molecule has 0 aromatic carbocycles. The number of carbonyl (C=O) groups excluding carboxylic acids is 1. The Hall–Kier alpha value is -1.30. The number of aliphatic carboxylic acids is 1. The molecule has 120 valence electrons. The fourth-order valence-corrected chi connectivity index (χ4v) is 3.32. The molecule has 0 radical (unpaired) electrons. The molecule has 1 N–H and O–H groups in total. The number of piperidine rings is 1. The maximum absolute atomic E-state index is 12.6. The number of likely N-dealkylation sites (tertiary alicyclic amines) is 2. The van der Waals surface area contributed by atoms with Crippen molar-refractivity contribution in [2.24, 2.45) is 5.92 Å². The van der Waals surface area contributed by atoms with E-state index in [4.69, 9.17) is 5.11 Å². The van der Waals surface area contributed by atoms with Crippen molar-refractivity contribution in [2.45, 2.75) is 38.1 Å². The molecule has 2 unspecified atom stereocenters. The van der Waals surface area contributed by atoms with E-state index in [1.165, 1.54) is 0 Å². The fourth-order valence-electron chi connectivity index (χ4n) is 3.32. The molecule has 2 amide bonds. The van der Waals surface area contributed by atoms with Crippen LogP contribution in [0.1, 0.15) is 32.1 Å². The molecular formula is C15H27N3O3. The first-order valence-corrected chi connectivity index (χ1v) is 7.89. The van der Waals surface area contributed by atoms with Gasteiger partial charge in [-0.25, -0.2) is 4.79 Å². The van der Waals surface area contributed by atoms with Crippen molar-refractivity contribution in [1.82, 2.24) is 14.7 Å². The number of carbonyl (C=O) groups is 2. The van der Waals surface area contributed by atoms with E-state index in [9.17, 15) is 9.59 Å². The number of hydrogen-bond donors (Lipinski definition) is 1. The number of urea groups is 1. The standard InChI is InChI=1S/C15H27N3O3/c1-16(2)13-4-3-8-17(11-13)15(21)18-9-7-12(10-18)5-6-14(19)20/h12-13H,3-11H2,1-2H3,(H,19,20). The lowest BCUT2D eigenvalue weighted by Crippen LogP contribution is -2.51. The predicted octanol–water partition coefficient (Wildman–Crippen LogP) is 1.32. The number of hydrogen-bond acceptors (Lipinski definition) is 3. The van der Waals surface area contributed by atoms with Crippen LogP contribution < -0.4 is 0 Å². The lowest BCUT2D eigenvalue weighted by Gasteiger charge is -2.37. The number of carboxylic acids is 1. The van der Waals surface area contributed by atoms with Gasteiger partial charge in [-0.3, -0.25) is 4.79 Å². The van der Waals surface area contributed by atoms with Gasteiger partial charge >= 0.3 is 12.0 Å². The van der Waals surface area contributed by atoms with Crippen LogP contribution in [0.4, 0.5) is 4.79 Å². The van der Waals surface area contributed by atoms with Gasteiger partial charge < -0.3 is 19.8 Å². The van der Waals surface area contributed by atoms with Gasteiger partial charge in [0.15, 0.2) is 0 Å². The third-order valence-electron chi connectivity index (χ3n) is 4.72. The molecular weight excluding hydrogens is 270 g/mol. The Kier molecular flexibility index (Phi) is 5.45. The molecule has 0 saturated carbocycles. The zero-order valence-electron chi connectivity index (χ0n) is 13.1. The molecule has 6 heteroatoms. The lowest BCUT2D eigenvalue weighted by atomic mass is 10.0. The van der Waals surface area contributed by atoms with E-state index in [1.54, 1.807) is 0 Å². The summed E-state index contributed by atoms with van der Waals surface area (Å²) in [4.78, 5) is 29.3. The number of carboxylic acid groups (broad SMARTS) is 1. The second-order valence-corrected chi connectivity index (χ2v) is 6.52. The highest BCUT2D eigenvalue weighted by Gasteiger charge is 2.32. The van der Waals surface area contributed by atoms with E-state index in [0.29, 0.717) is 18.4 Å². The molecule has 0 bridgehead atoms. The summed E-state index contributed by atoms with van der Waals surface area (Å²) in [6.07, 6.45) is 4.03. The van der Waals surface area contributed by atoms with Crippen LogP contribution in [0.2, 0.25) is 0 Å². The Labute approximate surface area is 126 Å². The lowest BCUT2D eigenvalue weighted by molar-refractivity contribution is -0.137. The summed E-state index contributed by atoms with van der Waals surface area (Å²) < 4.78 is 0. The minimum atomic E-state index is -0.746. The molecule has 2 saturated heterocycles. The Morgan fingerprint density at radius 2 is 1.86 bits per heavy atom. The van der Waals surface area contributed by atoms with Gasteiger partial charge in [-0.05, 0) is 45.7 Å². The highest BCUT2D eigenvalue weighted by Crippen LogP contribution is 2.23. The van der Waals surface area contributed by atoms with Crippen molar-refractivity contribution in [3.63, 3.8) is 0 Å². The summed E-state index contributed by atoms with van der Waals surface area (Å²) in [5.74, 6) is -0.399. The van der Waals surface area contributed by atoms with Gasteiger partial charge in [0.1, 0.15) is 0 Å². The van der Waals surface area contributed by atoms with Crippen LogP contribution in [0.25, 0.3) is 0 Å². The van der Waals surface area contributed by atoms with E-state index >= 15 is 0 Å². The van der Waals surface area contributed by atoms with Gasteiger partial charge in [0.2, 0.25) is 0 Å². The summed E-state index contributed by atoms with van der Waals surface area (Å²) in [7, 11) is 4.13.